The van der Waals surface area contributed by atoms with Gasteiger partial charge >= 0.3 is 0 Å². The lowest BCUT2D eigenvalue weighted by atomic mass is 10.1. The molecule has 0 aromatic heterocycles. The minimum absolute atomic E-state index is 0.0241. The van der Waals surface area contributed by atoms with E-state index in [9.17, 15) is 9.18 Å². The number of benzene rings is 1. The van der Waals surface area contributed by atoms with E-state index in [2.05, 4.69) is 0 Å². The molecule has 0 spiro atoms. The number of likely N-dealkylation sites (N-methyl/N-ethyl adjacent to an activating group) is 1. The molecule has 0 atom stereocenters. The molecule has 1 aliphatic rings. The van der Waals surface area contributed by atoms with Crippen molar-refractivity contribution in [3.05, 3.63) is 30.1 Å². The van der Waals surface area contributed by atoms with E-state index >= 15 is 0 Å². The summed E-state index contributed by atoms with van der Waals surface area (Å²) in [7, 11) is 0. The van der Waals surface area contributed by atoms with Crippen molar-refractivity contribution in [2.45, 2.75) is 13.0 Å². The zero-order valence-corrected chi connectivity index (χ0v) is 10.5. The SMILES string of the molecule is CCN(C(=O)CN1CC(N)C1)c1ccc(F)cc1. The maximum atomic E-state index is 12.8. The van der Waals surface area contributed by atoms with Crippen LogP contribution in [0.5, 0.6) is 0 Å². The number of carbonyl (C=O) groups excluding carboxylic acids is 1. The molecule has 0 radical (unpaired) electrons. The summed E-state index contributed by atoms with van der Waals surface area (Å²) in [4.78, 5) is 15.8. The third-order valence-electron chi connectivity index (χ3n) is 3.10. The van der Waals surface area contributed by atoms with E-state index < -0.39 is 0 Å². The summed E-state index contributed by atoms with van der Waals surface area (Å²) < 4.78 is 12.8. The second-order valence-electron chi connectivity index (χ2n) is 4.57. The fourth-order valence-electron chi connectivity index (χ4n) is 2.14. The number of halogens is 1. The maximum Gasteiger partial charge on any atom is 0.241 e. The molecule has 1 amide bonds. The van der Waals surface area contributed by atoms with Crippen molar-refractivity contribution in [2.24, 2.45) is 5.73 Å². The Balaban J connectivity index is 1.99. The molecular weight excluding hydrogens is 233 g/mol. The molecule has 1 fully saturated rings. The minimum atomic E-state index is -0.295. The number of nitrogens with two attached hydrogens (primary N) is 1. The molecule has 2 N–H and O–H groups in total. The average molecular weight is 251 g/mol. The molecule has 1 aromatic rings. The third kappa shape index (κ3) is 2.86. The number of rotatable bonds is 4. The standard InChI is InChI=1S/C13H18FN3O/c1-2-17(12-5-3-10(14)4-6-12)13(18)9-16-7-11(15)8-16/h3-6,11H,2,7-9,15H2,1H3. The van der Waals surface area contributed by atoms with Gasteiger partial charge in [-0.25, -0.2) is 4.39 Å². The Morgan fingerprint density at radius 3 is 2.56 bits per heavy atom. The summed E-state index contributed by atoms with van der Waals surface area (Å²) in [5, 5.41) is 0. The quantitative estimate of drug-likeness (QED) is 0.862. The molecule has 1 aromatic carbocycles. The molecular formula is C13H18FN3O. The van der Waals surface area contributed by atoms with E-state index in [4.69, 9.17) is 5.73 Å². The van der Waals surface area contributed by atoms with E-state index in [1.165, 1.54) is 12.1 Å². The summed E-state index contributed by atoms with van der Waals surface area (Å²) in [5.41, 5.74) is 6.40. The molecule has 4 nitrogen and oxygen atoms in total. The smallest absolute Gasteiger partial charge is 0.241 e. The first-order chi connectivity index (χ1) is 8.60. The van der Waals surface area contributed by atoms with Crippen LogP contribution in [0.1, 0.15) is 6.92 Å². The Morgan fingerprint density at radius 1 is 1.44 bits per heavy atom. The summed E-state index contributed by atoms with van der Waals surface area (Å²) in [6, 6.07) is 6.17. The first-order valence-corrected chi connectivity index (χ1v) is 6.14. The highest BCUT2D eigenvalue weighted by atomic mass is 19.1. The number of likely N-dealkylation sites (tertiary alicyclic amines) is 1. The van der Waals surface area contributed by atoms with Gasteiger partial charge < -0.3 is 10.6 Å². The van der Waals surface area contributed by atoms with Crippen molar-refractivity contribution in [1.82, 2.24) is 4.90 Å². The van der Waals surface area contributed by atoms with Gasteiger partial charge in [0, 0.05) is 31.4 Å². The second-order valence-corrected chi connectivity index (χ2v) is 4.57. The van der Waals surface area contributed by atoms with E-state index in [0.29, 0.717) is 13.1 Å². The number of anilines is 1. The van der Waals surface area contributed by atoms with E-state index in [0.717, 1.165) is 18.8 Å². The summed E-state index contributed by atoms with van der Waals surface area (Å²) in [5.74, 6) is -0.271. The van der Waals surface area contributed by atoms with Crippen LogP contribution in [0.25, 0.3) is 0 Å². The van der Waals surface area contributed by atoms with Gasteiger partial charge in [0.05, 0.1) is 6.54 Å². The third-order valence-corrected chi connectivity index (χ3v) is 3.10. The zero-order valence-electron chi connectivity index (χ0n) is 10.5. The van der Waals surface area contributed by atoms with Gasteiger partial charge in [-0.15, -0.1) is 0 Å². The first-order valence-electron chi connectivity index (χ1n) is 6.14. The Bertz CT molecular complexity index is 415. The number of hydrogen-bond acceptors (Lipinski definition) is 3. The predicted octanol–water partition coefficient (Wildman–Crippen LogP) is 0.822. The Morgan fingerprint density at radius 2 is 2.06 bits per heavy atom. The Kier molecular flexibility index (Phi) is 3.93. The van der Waals surface area contributed by atoms with Crippen molar-refractivity contribution >= 4 is 11.6 Å². The van der Waals surface area contributed by atoms with Crippen LogP contribution in [0.2, 0.25) is 0 Å². The van der Waals surface area contributed by atoms with Crippen LogP contribution in [0.4, 0.5) is 10.1 Å². The molecule has 0 saturated carbocycles. The van der Waals surface area contributed by atoms with E-state index in [-0.39, 0.29) is 17.8 Å². The van der Waals surface area contributed by atoms with Gasteiger partial charge in [-0.05, 0) is 31.2 Å². The lowest BCUT2D eigenvalue weighted by Crippen LogP contribution is -2.58. The van der Waals surface area contributed by atoms with Gasteiger partial charge in [0.15, 0.2) is 0 Å². The monoisotopic (exact) mass is 251 g/mol. The van der Waals surface area contributed by atoms with Crippen LogP contribution < -0.4 is 10.6 Å². The molecule has 0 bridgehead atoms. The van der Waals surface area contributed by atoms with Crippen LogP contribution >= 0.6 is 0 Å². The highest BCUT2D eigenvalue weighted by Crippen LogP contribution is 2.16. The predicted molar refractivity (Wildman–Crippen MR) is 68.8 cm³/mol. The highest BCUT2D eigenvalue weighted by Gasteiger charge is 2.26. The van der Waals surface area contributed by atoms with Crippen molar-refractivity contribution < 1.29 is 9.18 Å². The fourth-order valence-corrected chi connectivity index (χ4v) is 2.14. The minimum Gasteiger partial charge on any atom is -0.325 e. The summed E-state index contributed by atoms with van der Waals surface area (Å²) in [6.07, 6.45) is 0. The molecule has 18 heavy (non-hydrogen) atoms. The number of hydrogen-bond donors (Lipinski definition) is 1. The lowest BCUT2D eigenvalue weighted by molar-refractivity contribution is -0.120. The van der Waals surface area contributed by atoms with E-state index in [1.807, 2.05) is 11.8 Å². The Labute approximate surface area is 106 Å². The van der Waals surface area contributed by atoms with Crippen LogP contribution in [0.15, 0.2) is 24.3 Å². The molecule has 5 heteroatoms. The summed E-state index contributed by atoms with van der Waals surface area (Å²) in [6.45, 7) is 4.39. The number of amides is 1. The van der Waals surface area contributed by atoms with Crippen molar-refractivity contribution in [2.75, 3.05) is 31.1 Å². The van der Waals surface area contributed by atoms with Gasteiger partial charge in [0.2, 0.25) is 5.91 Å². The van der Waals surface area contributed by atoms with Gasteiger partial charge in [-0.2, -0.15) is 0 Å². The maximum absolute atomic E-state index is 12.8. The zero-order chi connectivity index (χ0) is 13.1. The van der Waals surface area contributed by atoms with Crippen molar-refractivity contribution in [3.8, 4) is 0 Å². The van der Waals surface area contributed by atoms with Crippen LogP contribution in [-0.2, 0) is 4.79 Å². The van der Waals surface area contributed by atoms with Gasteiger partial charge in [-0.1, -0.05) is 0 Å². The molecule has 0 aliphatic carbocycles. The highest BCUT2D eigenvalue weighted by molar-refractivity contribution is 5.94. The number of nitrogens with zero attached hydrogens (tertiary/aromatic N) is 2. The van der Waals surface area contributed by atoms with Gasteiger partial charge in [0.25, 0.3) is 0 Å². The second kappa shape index (κ2) is 5.46. The van der Waals surface area contributed by atoms with Crippen molar-refractivity contribution in [3.63, 3.8) is 0 Å². The van der Waals surface area contributed by atoms with Crippen LogP contribution in [0.3, 0.4) is 0 Å². The Hall–Kier alpha value is -1.46. The van der Waals surface area contributed by atoms with Gasteiger partial charge in [-0.3, -0.25) is 9.69 Å². The van der Waals surface area contributed by atoms with Crippen LogP contribution in [-0.4, -0.2) is 43.0 Å². The normalized spacial score (nSPS) is 16.4. The molecule has 2 rings (SSSR count). The topological polar surface area (TPSA) is 49.6 Å². The molecule has 1 saturated heterocycles. The molecule has 1 heterocycles. The average Bonchev–Trinajstić information content (AvgIpc) is 2.30. The first kappa shape index (κ1) is 13.0. The van der Waals surface area contributed by atoms with E-state index in [1.54, 1.807) is 17.0 Å². The van der Waals surface area contributed by atoms with Crippen molar-refractivity contribution in [1.29, 1.82) is 0 Å². The fraction of sp³-hybridized carbons (Fsp3) is 0.462. The molecule has 0 unspecified atom stereocenters. The molecule has 1 aliphatic heterocycles. The summed E-state index contributed by atoms with van der Waals surface area (Å²) >= 11 is 0. The molecule has 98 valence electrons. The lowest BCUT2D eigenvalue weighted by Gasteiger charge is -2.37. The van der Waals surface area contributed by atoms with Gasteiger partial charge in [0.1, 0.15) is 5.82 Å². The van der Waals surface area contributed by atoms with Crippen LogP contribution in [0, 0.1) is 5.82 Å². The largest absolute Gasteiger partial charge is 0.325 e. The number of carbonyl (C=O) groups is 1.